The second-order valence-corrected chi connectivity index (χ2v) is 9.56. The van der Waals surface area contributed by atoms with E-state index in [4.69, 9.17) is 24.3 Å². The summed E-state index contributed by atoms with van der Waals surface area (Å²) in [4.78, 5) is 19.7. The number of anilines is 1. The Bertz CT molecular complexity index is 1280. The summed E-state index contributed by atoms with van der Waals surface area (Å²) in [6, 6.07) is 13.3. The Labute approximate surface area is 228 Å². The van der Waals surface area contributed by atoms with Crippen LogP contribution < -0.4 is 14.8 Å². The topological polar surface area (TPSA) is 118 Å². The molecule has 0 spiro atoms. The number of benzene rings is 2. The molecule has 0 bridgehead atoms. The number of hydrogen-bond donors (Lipinski definition) is 3. The zero-order valence-electron chi connectivity index (χ0n) is 22.6. The number of hydrogen-bond acceptors (Lipinski definition) is 9. The van der Waals surface area contributed by atoms with E-state index in [1.165, 1.54) is 0 Å². The van der Waals surface area contributed by atoms with Crippen molar-refractivity contribution >= 4 is 22.8 Å². The van der Waals surface area contributed by atoms with Gasteiger partial charge in [-0.1, -0.05) is 31.7 Å². The van der Waals surface area contributed by atoms with Gasteiger partial charge in [-0.3, -0.25) is 9.36 Å². The third-order valence-electron chi connectivity index (χ3n) is 6.56. The normalized spacial score (nSPS) is 17.4. The van der Waals surface area contributed by atoms with Crippen LogP contribution >= 0.6 is 0 Å². The van der Waals surface area contributed by atoms with E-state index in [9.17, 15) is 9.90 Å². The molecule has 1 fully saturated rings. The van der Waals surface area contributed by atoms with E-state index in [2.05, 4.69) is 23.7 Å². The minimum Gasteiger partial charge on any atom is -0.490 e. The first-order valence-corrected chi connectivity index (χ1v) is 13.3. The molecule has 1 aliphatic rings. The van der Waals surface area contributed by atoms with Crippen LogP contribution in [-0.4, -0.2) is 83.1 Å². The number of Topliss-reactive ketones (excluding diaryl/α,β-unsaturated/α-hetero) is 1. The molecule has 4 rings (SSSR count). The Balaban J connectivity index is 1.52. The lowest BCUT2D eigenvalue weighted by molar-refractivity contribution is -0.126. The van der Waals surface area contributed by atoms with Crippen molar-refractivity contribution in [1.82, 2.24) is 14.5 Å². The molecule has 2 aromatic carbocycles. The minimum atomic E-state index is -0.961. The van der Waals surface area contributed by atoms with Crippen molar-refractivity contribution in [3.8, 4) is 11.5 Å². The number of nitrogens with one attached hydrogen (secondary N) is 1. The third kappa shape index (κ3) is 6.77. The van der Waals surface area contributed by atoms with Gasteiger partial charge in [-0.2, -0.15) is 0 Å². The average Bonchev–Trinajstić information content (AvgIpc) is 3.45. The smallest absolute Gasteiger partial charge is 0.210 e. The number of aromatic nitrogens is 2. The van der Waals surface area contributed by atoms with E-state index in [1.807, 2.05) is 49.5 Å². The fraction of sp³-hybridized carbons (Fsp3) is 0.448. The van der Waals surface area contributed by atoms with E-state index < -0.39 is 12.3 Å². The fourth-order valence-electron chi connectivity index (χ4n) is 4.44. The lowest BCUT2D eigenvalue weighted by atomic mass is 10.1. The molecule has 3 N–H and O–H groups in total. The molecule has 2 heterocycles. The summed E-state index contributed by atoms with van der Waals surface area (Å²) in [5, 5.41) is 22.1. The summed E-state index contributed by atoms with van der Waals surface area (Å²) >= 11 is 0. The molecular weight excluding hydrogens is 500 g/mol. The highest BCUT2D eigenvalue weighted by Crippen LogP contribution is 2.35. The zero-order chi connectivity index (χ0) is 27.8. The van der Waals surface area contributed by atoms with E-state index in [0.29, 0.717) is 49.3 Å². The van der Waals surface area contributed by atoms with Crippen molar-refractivity contribution in [3.63, 3.8) is 0 Å². The van der Waals surface area contributed by atoms with Gasteiger partial charge in [-0.15, -0.1) is 0 Å². The first kappa shape index (κ1) is 28.6. The SMILES string of the molecule is C=C1C(=O)[C@H](n2c(NCc3ccc(OCCC)c(OCCCN(C)CCO)c3)nc3ccccc32)O[C@@H]1CO. The summed E-state index contributed by atoms with van der Waals surface area (Å²) in [5.74, 6) is 1.55. The number of nitrogens with zero attached hydrogens (tertiary/aromatic N) is 3. The molecule has 10 nitrogen and oxygen atoms in total. The molecule has 39 heavy (non-hydrogen) atoms. The van der Waals surface area contributed by atoms with Crippen LogP contribution in [0.5, 0.6) is 11.5 Å². The molecule has 0 unspecified atom stereocenters. The number of aliphatic hydroxyl groups is 2. The molecular formula is C29H38N4O6. The van der Waals surface area contributed by atoms with E-state index in [0.717, 1.165) is 30.5 Å². The predicted octanol–water partition coefficient (Wildman–Crippen LogP) is 3.15. The Hall–Kier alpha value is -3.44. The van der Waals surface area contributed by atoms with Crippen molar-refractivity contribution < 1.29 is 29.2 Å². The Morgan fingerprint density at radius 2 is 1.92 bits per heavy atom. The molecule has 1 aromatic heterocycles. The second kappa shape index (κ2) is 13.6. The van der Waals surface area contributed by atoms with Gasteiger partial charge < -0.3 is 34.6 Å². The minimum absolute atomic E-state index is 0.132. The number of imidazole rings is 1. The van der Waals surface area contributed by atoms with Crippen LogP contribution in [0, 0.1) is 0 Å². The standard InChI is InChI=1S/C29H38N4O6/c1-4-15-37-24-11-10-21(17-25(24)38-16-7-12-32(3)13-14-34)18-30-29-31-22-8-5-6-9-23(22)33(29)28-27(36)20(2)26(19-35)39-28/h5-6,8-11,17,26,28,34-35H,2,4,7,12-16,18-19H2,1,3H3,(H,30,31)/t26-,28-/m1/s1. The molecule has 0 amide bonds. The van der Waals surface area contributed by atoms with Gasteiger partial charge in [0, 0.05) is 25.2 Å². The molecule has 1 aliphatic heterocycles. The Kier molecular flexibility index (Phi) is 9.94. The van der Waals surface area contributed by atoms with Gasteiger partial charge in [0.2, 0.25) is 18.0 Å². The number of para-hydroxylation sites is 2. The maximum Gasteiger partial charge on any atom is 0.210 e. The van der Waals surface area contributed by atoms with Gasteiger partial charge in [0.15, 0.2) is 11.5 Å². The van der Waals surface area contributed by atoms with E-state index in [1.54, 1.807) is 4.57 Å². The van der Waals surface area contributed by atoms with Gasteiger partial charge in [0.25, 0.3) is 0 Å². The Morgan fingerprint density at radius 1 is 1.13 bits per heavy atom. The summed E-state index contributed by atoms with van der Waals surface area (Å²) in [6.45, 7) is 8.64. The lowest BCUT2D eigenvalue weighted by Gasteiger charge is -2.18. The number of fused-ring (bicyclic) bond motifs is 1. The first-order valence-electron chi connectivity index (χ1n) is 13.3. The average molecular weight is 539 g/mol. The maximum atomic E-state index is 13.0. The van der Waals surface area contributed by atoms with Crippen molar-refractivity contribution in [1.29, 1.82) is 0 Å². The molecule has 1 saturated heterocycles. The Morgan fingerprint density at radius 3 is 2.67 bits per heavy atom. The van der Waals surface area contributed by atoms with Gasteiger partial charge in [-0.25, -0.2) is 4.98 Å². The maximum absolute atomic E-state index is 13.0. The lowest BCUT2D eigenvalue weighted by Crippen LogP contribution is -2.24. The quantitative estimate of drug-likeness (QED) is 0.198. The van der Waals surface area contributed by atoms with Crippen LogP contribution in [0.4, 0.5) is 5.95 Å². The van der Waals surface area contributed by atoms with E-state index in [-0.39, 0.29) is 24.6 Å². The van der Waals surface area contributed by atoms with Crippen LogP contribution in [0.3, 0.4) is 0 Å². The highest BCUT2D eigenvalue weighted by atomic mass is 16.5. The number of carbonyl (C=O) groups excluding carboxylic acids is 1. The number of likely N-dealkylation sites (N-methyl/N-ethyl adjacent to an activating group) is 1. The van der Waals surface area contributed by atoms with Crippen LogP contribution in [0.2, 0.25) is 0 Å². The number of aliphatic hydroxyl groups excluding tert-OH is 2. The van der Waals surface area contributed by atoms with Crippen LogP contribution in [0.1, 0.15) is 31.6 Å². The van der Waals surface area contributed by atoms with Crippen molar-refractivity contribution in [3.05, 3.63) is 60.2 Å². The summed E-state index contributed by atoms with van der Waals surface area (Å²) in [5.41, 5.74) is 2.65. The predicted molar refractivity (Wildman–Crippen MR) is 149 cm³/mol. The highest BCUT2D eigenvalue weighted by Gasteiger charge is 2.39. The van der Waals surface area contributed by atoms with Crippen molar-refractivity contribution in [2.24, 2.45) is 0 Å². The van der Waals surface area contributed by atoms with Crippen LogP contribution in [0.25, 0.3) is 11.0 Å². The van der Waals surface area contributed by atoms with Gasteiger partial charge >= 0.3 is 0 Å². The fourth-order valence-corrected chi connectivity index (χ4v) is 4.44. The number of ether oxygens (including phenoxy) is 3. The van der Waals surface area contributed by atoms with Gasteiger partial charge in [0.05, 0.1) is 37.5 Å². The molecule has 0 radical (unpaired) electrons. The third-order valence-corrected chi connectivity index (χ3v) is 6.56. The second-order valence-electron chi connectivity index (χ2n) is 9.56. The first-order chi connectivity index (χ1) is 19.0. The van der Waals surface area contributed by atoms with Crippen LogP contribution in [0.15, 0.2) is 54.6 Å². The summed E-state index contributed by atoms with van der Waals surface area (Å²) in [6.07, 6.45) is -0.00472. The summed E-state index contributed by atoms with van der Waals surface area (Å²) in [7, 11) is 1.97. The van der Waals surface area contributed by atoms with Crippen LogP contribution in [-0.2, 0) is 16.1 Å². The molecule has 0 aliphatic carbocycles. The van der Waals surface area contributed by atoms with Gasteiger partial charge in [-0.05, 0) is 49.7 Å². The van der Waals surface area contributed by atoms with E-state index >= 15 is 0 Å². The molecule has 210 valence electrons. The number of carbonyl (C=O) groups is 1. The summed E-state index contributed by atoms with van der Waals surface area (Å²) < 4.78 is 19.6. The largest absolute Gasteiger partial charge is 0.490 e. The molecule has 3 aromatic rings. The zero-order valence-corrected chi connectivity index (χ0v) is 22.6. The van der Waals surface area contributed by atoms with Crippen molar-refractivity contribution in [2.75, 3.05) is 51.9 Å². The molecule has 10 heteroatoms. The highest BCUT2D eigenvalue weighted by molar-refractivity contribution is 6.01. The monoisotopic (exact) mass is 538 g/mol. The molecule has 2 atom stereocenters. The molecule has 0 saturated carbocycles. The van der Waals surface area contributed by atoms with Crippen molar-refractivity contribution in [2.45, 2.75) is 38.6 Å². The van der Waals surface area contributed by atoms with Gasteiger partial charge in [0.1, 0.15) is 6.10 Å². The number of ketones is 1. The number of rotatable bonds is 15.